The summed E-state index contributed by atoms with van der Waals surface area (Å²) in [6.45, 7) is 11.4. The minimum absolute atomic E-state index is 0.0586. The molecule has 1 atom stereocenters. The van der Waals surface area contributed by atoms with Gasteiger partial charge in [0, 0.05) is 25.8 Å². The fraction of sp³-hybridized carbons (Fsp3) is 0.812. The van der Waals surface area contributed by atoms with Gasteiger partial charge in [-0.2, -0.15) is 0 Å². The topological polar surface area (TPSA) is 63.1 Å². The standard InChI is InChI=1S/C16H27N5O/c1-15(2)13(16(15,3)4)10-17-14(22)20-8-5-6-12(11-20)21-9-7-18-19-21/h7,9,12-13H,5-6,8,10-11H2,1-4H3,(H,17,22). The van der Waals surface area contributed by atoms with Gasteiger partial charge >= 0.3 is 6.03 Å². The number of hydrogen-bond acceptors (Lipinski definition) is 3. The molecule has 0 radical (unpaired) electrons. The molecule has 6 nitrogen and oxygen atoms in total. The van der Waals surface area contributed by atoms with Crippen molar-refractivity contribution in [1.29, 1.82) is 0 Å². The summed E-state index contributed by atoms with van der Waals surface area (Å²) < 4.78 is 1.87. The van der Waals surface area contributed by atoms with Gasteiger partial charge in [0.1, 0.15) is 0 Å². The van der Waals surface area contributed by atoms with Gasteiger partial charge in [-0.1, -0.05) is 32.9 Å². The van der Waals surface area contributed by atoms with E-state index in [2.05, 4.69) is 43.3 Å². The van der Waals surface area contributed by atoms with Gasteiger partial charge in [-0.05, 0) is 29.6 Å². The third kappa shape index (κ3) is 2.48. The van der Waals surface area contributed by atoms with E-state index in [0.717, 1.165) is 25.9 Å². The summed E-state index contributed by atoms with van der Waals surface area (Å²) in [5.41, 5.74) is 0.622. The third-order valence-electron chi connectivity index (χ3n) is 6.28. The number of likely N-dealkylation sites (tertiary alicyclic amines) is 1. The van der Waals surface area contributed by atoms with Gasteiger partial charge in [0.05, 0.1) is 12.2 Å². The zero-order valence-corrected chi connectivity index (χ0v) is 14.0. The van der Waals surface area contributed by atoms with Crippen LogP contribution in [0.15, 0.2) is 12.4 Å². The maximum Gasteiger partial charge on any atom is 0.317 e. The number of carbonyl (C=O) groups excluding carboxylic acids is 1. The first kappa shape index (κ1) is 15.3. The Labute approximate surface area is 132 Å². The van der Waals surface area contributed by atoms with Crippen molar-refractivity contribution in [3.8, 4) is 0 Å². The van der Waals surface area contributed by atoms with Gasteiger partial charge in [0.25, 0.3) is 0 Å². The Morgan fingerprint density at radius 3 is 2.64 bits per heavy atom. The van der Waals surface area contributed by atoms with E-state index >= 15 is 0 Å². The van der Waals surface area contributed by atoms with Crippen LogP contribution in [0.4, 0.5) is 4.79 Å². The Morgan fingerprint density at radius 2 is 2.05 bits per heavy atom. The number of nitrogens with one attached hydrogen (secondary N) is 1. The van der Waals surface area contributed by atoms with Crippen molar-refractivity contribution in [3.05, 3.63) is 12.4 Å². The van der Waals surface area contributed by atoms with Crippen LogP contribution in [0.5, 0.6) is 0 Å². The number of amides is 2. The van der Waals surface area contributed by atoms with Crippen LogP contribution in [-0.2, 0) is 0 Å². The van der Waals surface area contributed by atoms with E-state index in [0.29, 0.717) is 23.3 Å². The molecule has 1 saturated heterocycles. The first-order valence-corrected chi connectivity index (χ1v) is 8.22. The van der Waals surface area contributed by atoms with Gasteiger partial charge < -0.3 is 10.2 Å². The van der Waals surface area contributed by atoms with Crippen molar-refractivity contribution in [2.75, 3.05) is 19.6 Å². The average molecular weight is 305 g/mol. The van der Waals surface area contributed by atoms with E-state index in [1.54, 1.807) is 6.20 Å². The lowest BCUT2D eigenvalue weighted by molar-refractivity contribution is 0.162. The zero-order chi connectivity index (χ0) is 16.0. The lowest BCUT2D eigenvalue weighted by Gasteiger charge is -2.32. The highest BCUT2D eigenvalue weighted by molar-refractivity contribution is 5.74. The minimum Gasteiger partial charge on any atom is -0.338 e. The van der Waals surface area contributed by atoms with Gasteiger partial charge in [-0.15, -0.1) is 5.10 Å². The highest BCUT2D eigenvalue weighted by Gasteiger charge is 2.64. The molecule has 0 bridgehead atoms. The predicted octanol–water partition coefficient (Wildman–Crippen LogP) is 2.31. The maximum absolute atomic E-state index is 12.4. The molecule has 1 saturated carbocycles. The lowest BCUT2D eigenvalue weighted by atomic mass is 10.0. The van der Waals surface area contributed by atoms with Gasteiger partial charge in [0.15, 0.2) is 0 Å². The SMILES string of the molecule is CC1(C)C(CNC(=O)N2CCCC(n3ccnn3)C2)C1(C)C. The molecule has 1 aliphatic carbocycles. The molecule has 2 amide bonds. The molecule has 122 valence electrons. The second kappa shape index (κ2) is 5.25. The van der Waals surface area contributed by atoms with Crippen molar-refractivity contribution >= 4 is 6.03 Å². The van der Waals surface area contributed by atoms with E-state index in [-0.39, 0.29) is 12.1 Å². The summed E-state index contributed by atoms with van der Waals surface area (Å²) in [6.07, 6.45) is 5.63. The summed E-state index contributed by atoms with van der Waals surface area (Å²) in [5, 5.41) is 11.1. The van der Waals surface area contributed by atoms with Crippen LogP contribution in [-0.4, -0.2) is 45.6 Å². The van der Waals surface area contributed by atoms with Crippen LogP contribution in [0.2, 0.25) is 0 Å². The van der Waals surface area contributed by atoms with E-state index in [1.165, 1.54) is 0 Å². The summed E-state index contributed by atoms with van der Waals surface area (Å²) in [6, 6.07) is 0.305. The maximum atomic E-state index is 12.4. The van der Waals surface area contributed by atoms with Crippen molar-refractivity contribution < 1.29 is 4.79 Å². The first-order chi connectivity index (χ1) is 10.3. The molecule has 2 fully saturated rings. The summed E-state index contributed by atoms with van der Waals surface area (Å²) in [5.74, 6) is 0.555. The van der Waals surface area contributed by atoms with Crippen LogP contribution in [0.25, 0.3) is 0 Å². The Kier molecular flexibility index (Phi) is 3.65. The number of nitrogens with zero attached hydrogens (tertiary/aromatic N) is 4. The number of aromatic nitrogens is 3. The Bertz CT molecular complexity index is 523. The molecule has 22 heavy (non-hydrogen) atoms. The Morgan fingerprint density at radius 1 is 1.32 bits per heavy atom. The van der Waals surface area contributed by atoms with Crippen molar-refractivity contribution in [2.24, 2.45) is 16.7 Å². The van der Waals surface area contributed by atoms with Crippen LogP contribution in [0, 0.1) is 16.7 Å². The molecule has 3 rings (SSSR count). The van der Waals surface area contributed by atoms with Crippen LogP contribution in [0.1, 0.15) is 46.6 Å². The van der Waals surface area contributed by atoms with Crippen LogP contribution >= 0.6 is 0 Å². The summed E-state index contributed by atoms with van der Waals surface area (Å²) >= 11 is 0. The normalized spacial score (nSPS) is 26.7. The van der Waals surface area contributed by atoms with E-state index in [1.807, 2.05) is 15.8 Å². The number of hydrogen-bond donors (Lipinski definition) is 1. The number of carbonyl (C=O) groups is 1. The molecule has 2 aliphatic rings. The van der Waals surface area contributed by atoms with Crippen molar-refractivity contribution in [2.45, 2.75) is 46.6 Å². The fourth-order valence-electron chi connectivity index (χ4n) is 3.91. The second-order valence-electron chi connectivity index (χ2n) is 7.81. The van der Waals surface area contributed by atoms with E-state index < -0.39 is 0 Å². The Balaban J connectivity index is 1.52. The first-order valence-electron chi connectivity index (χ1n) is 8.22. The van der Waals surface area contributed by atoms with Gasteiger partial charge in [0.2, 0.25) is 0 Å². The molecule has 6 heteroatoms. The molecule has 1 aliphatic heterocycles. The molecule has 1 aromatic heterocycles. The highest BCUT2D eigenvalue weighted by Crippen LogP contribution is 2.67. The molecular weight excluding hydrogens is 278 g/mol. The largest absolute Gasteiger partial charge is 0.338 e. The monoisotopic (exact) mass is 305 g/mol. The van der Waals surface area contributed by atoms with Crippen molar-refractivity contribution in [3.63, 3.8) is 0 Å². The minimum atomic E-state index is 0.0586. The Hall–Kier alpha value is -1.59. The third-order valence-corrected chi connectivity index (χ3v) is 6.28. The molecule has 0 aromatic carbocycles. The number of urea groups is 1. The highest BCUT2D eigenvalue weighted by atomic mass is 16.2. The van der Waals surface area contributed by atoms with Crippen molar-refractivity contribution in [1.82, 2.24) is 25.2 Å². The predicted molar refractivity (Wildman–Crippen MR) is 84.3 cm³/mol. The van der Waals surface area contributed by atoms with Gasteiger partial charge in [-0.25, -0.2) is 9.48 Å². The molecular formula is C16H27N5O. The molecule has 1 N–H and O–H groups in total. The number of piperidine rings is 1. The smallest absolute Gasteiger partial charge is 0.317 e. The molecule has 2 heterocycles. The fourth-order valence-corrected chi connectivity index (χ4v) is 3.91. The van der Waals surface area contributed by atoms with Gasteiger partial charge in [-0.3, -0.25) is 0 Å². The zero-order valence-electron chi connectivity index (χ0n) is 14.0. The number of rotatable bonds is 3. The van der Waals surface area contributed by atoms with E-state index in [9.17, 15) is 4.79 Å². The molecule has 0 spiro atoms. The summed E-state index contributed by atoms with van der Waals surface area (Å²) in [4.78, 5) is 14.4. The summed E-state index contributed by atoms with van der Waals surface area (Å²) in [7, 11) is 0. The van der Waals surface area contributed by atoms with Crippen LogP contribution in [0.3, 0.4) is 0 Å². The molecule has 1 aromatic rings. The average Bonchev–Trinajstić information content (AvgIpc) is 2.90. The van der Waals surface area contributed by atoms with Crippen LogP contribution < -0.4 is 5.32 Å². The quantitative estimate of drug-likeness (QED) is 0.932. The van der Waals surface area contributed by atoms with E-state index in [4.69, 9.17) is 0 Å². The second-order valence-corrected chi connectivity index (χ2v) is 7.81. The lowest BCUT2D eigenvalue weighted by Crippen LogP contribution is -2.46. The molecule has 1 unspecified atom stereocenters.